The monoisotopic (exact) mass is 604 g/mol. The fraction of sp³-hybridized carbons (Fsp3) is 0.107. The molecule has 216 valence electrons. The van der Waals surface area contributed by atoms with Crippen molar-refractivity contribution in [1.29, 1.82) is 0 Å². The second-order valence-electron chi connectivity index (χ2n) is 9.26. The highest BCUT2D eigenvalue weighted by Crippen LogP contribution is 2.38. The summed E-state index contributed by atoms with van der Waals surface area (Å²) in [5.74, 6) is -4.58. The maximum atomic E-state index is 14.2. The van der Waals surface area contributed by atoms with Gasteiger partial charge < -0.3 is 25.6 Å². The van der Waals surface area contributed by atoms with E-state index in [0.717, 1.165) is 12.1 Å². The number of phenols is 1. The van der Waals surface area contributed by atoms with Gasteiger partial charge in [-0.15, -0.1) is 0 Å². The number of carbonyl (C=O) groups is 3. The van der Waals surface area contributed by atoms with E-state index in [2.05, 4.69) is 16.0 Å². The topological polar surface area (TPSA) is 112 Å². The average Bonchev–Trinajstić information content (AvgIpc) is 3.28. The van der Waals surface area contributed by atoms with Crippen molar-refractivity contribution in [2.24, 2.45) is 0 Å². The van der Waals surface area contributed by atoms with Crippen LogP contribution >= 0.6 is 11.6 Å². The molecule has 42 heavy (non-hydrogen) atoms. The van der Waals surface area contributed by atoms with Crippen molar-refractivity contribution in [3.05, 3.63) is 111 Å². The van der Waals surface area contributed by atoms with Gasteiger partial charge in [0.1, 0.15) is 29.6 Å². The van der Waals surface area contributed by atoms with Crippen LogP contribution in [0.3, 0.4) is 0 Å². The quantitative estimate of drug-likeness (QED) is 0.169. The number of aromatic nitrogens is 1. The molecule has 2 heterocycles. The number of alkyl halides is 3. The summed E-state index contributed by atoms with van der Waals surface area (Å²) in [6, 6.07) is 10.1. The molecule has 3 aromatic carbocycles. The Morgan fingerprint density at radius 3 is 2.33 bits per heavy atom. The summed E-state index contributed by atoms with van der Waals surface area (Å²) in [6.07, 6.45) is -4.94. The summed E-state index contributed by atoms with van der Waals surface area (Å²) in [5.41, 5.74) is -1.97. The van der Waals surface area contributed by atoms with E-state index in [0.29, 0.717) is 12.1 Å². The predicted molar refractivity (Wildman–Crippen MR) is 141 cm³/mol. The molecular formula is C28H18ClF5N4O4. The molecule has 4 N–H and O–H groups in total. The molecule has 0 radical (unpaired) electrons. The number of aromatic hydroxyl groups is 1. The molecule has 1 atom stereocenters. The highest BCUT2D eigenvalue weighted by Gasteiger charge is 2.36. The van der Waals surface area contributed by atoms with Gasteiger partial charge >= 0.3 is 6.18 Å². The first-order valence-electron chi connectivity index (χ1n) is 12.1. The van der Waals surface area contributed by atoms with Crippen LogP contribution in [-0.4, -0.2) is 27.4 Å². The largest absolute Gasteiger partial charge is 0.508 e. The smallest absolute Gasteiger partial charge is 0.416 e. The minimum Gasteiger partial charge on any atom is -0.508 e. The maximum Gasteiger partial charge on any atom is 0.416 e. The van der Waals surface area contributed by atoms with Crippen molar-refractivity contribution in [3.8, 4) is 5.75 Å². The Kier molecular flexibility index (Phi) is 7.37. The van der Waals surface area contributed by atoms with Gasteiger partial charge in [-0.3, -0.25) is 14.4 Å². The highest BCUT2D eigenvalue weighted by molar-refractivity contribution is 6.31. The third-order valence-corrected chi connectivity index (χ3v) is 6.73. The highest BCUT2D eigenvalue weighted by atomic mass is 35.5. The zero-order valence-electron chi connectivity index (χ0n) is 21.0. The Morgan fingerprint density at radius 2 is 1.64 bits per heavy atom. The summed E-state index contributed by atoms with van der Waals surface area (Å²) in [7, 11) is 0. The molecular weight excluding hydrogens is 587 g/mol. The molecule has 1 aliphatic heterocycles. The lowest BCUT2D eigenvalue weighted by atomic mass is 10.0. The Labute approximate surface area is 238 Å². The Morgan fingerprint density at radius 1 is 0.929 bits per heavy atom. The molecule has 5 rings (SSSR count). The van der Waals surface area contributed by atoms with Crippen LogP contribution in [0, 0.1) is 11.6 Å². The van der Waals surface area contributed by atoms with Gasteiger partial charge in [-0.25, -0.2) is 8.78 Å². The molecule has 14 heteroatoms. The van der Waals surface area contributed by atoms with Crippen LogP contribution in [0.15, 0.2) is 66.7 Å². The van der Waals surface area contributed by atoms with Gasteiger partial charge in [0.05, 0.1) is 23.0 Å². The number of anilines is 2. The molecule has 0 spiro atoms. The molecule has 0 fully saturated rings. The van der Waals surface area contributed by atoms with Gasteiger partial charge in [0.25, 0.3) is 11.8 Å². The van der Waals surface area contributed by atoms with Gasteiger partial charge in [-0.05, 0) is 66.7 Å². The van der Waals surface area contributed by atoms with E-state index < -0.39 is 59.2 Å². The Balaban J connectivity index is 1.62. The first-order chi connectivity index (χ1) is 19.8. The van der Waals surface area contributed by atoms with Crippen LogP contribution in [0.25, 0.3) is 0 Å². The second kappa shape index (κ2) is 10.8. The number of phenolic OH excluding ortho intramolecular Hbond substituents is 1. The summed E-state index contributed by atoms with van der Waals surface area (Å²) in [5, 5.41) is 17.1. The zero-order valence-corrected chi connectivity index (χ0v) is 21.8. The SMILES string of the molecule is O=C1Cn2c(C(=O)Nc3ccc(O)cc3)cc(NC(=O)c3cc(F)cc(C(F)(F)F)c3)c2C(c2cc(F)ccc2Cl)N1. The van der Waals surface area contributed by atoms with Crippen LogP contribution in [0.2, 0.25) is 5.02 Å². The molecule has 3 amide bonds. The molecule has 4 aromatic rings. The van der Waals surface area contributed by atoms with Crippen LogP contribution in [0.1, 0.15) is 43.7 Å². The molecule has 0 saturated heterocycles. The number of hydrogen-bond acceptors (Lipinski definition) is 4. The number of amides is 3. The molecule has 0 saturated carbocycles. The van der Waals surface area contributed by atoms with Crippen LogP contribution < -0.4 is 16.0 Å². The van der Waals surface area contributed by atoms with Gasteiger partial charge in [0.15, 0.2) is 0 Å². The molecule has 1 unspecified atom stereocenters. The van der Waals surface area contributed by atoms with Gasteiger partial charge in [-0.2, -0.15) is 13.2 Å². The number of hydrogen-bond donors (Lipinski definition) is 4. The van der Waals surface area contributed by atoms with Crippen molar-refractivity contribution in [2.45, 2.75) is 18.8 Å². The number of nitrogens with one attached hydrogen (secondary N) is 3. The fourth-order valence-corrected chi connectivity index (χ4v) is 4.76. The molecule has 0 aliphatic carbocycles. The van der Waals surface area contributed by atoms with Gasteiger partial charge in [0.2, 0.25) is 5.91 Å². The molecule has 1 aromatic heterocycles. The van der Waals surface area contributed by atoms with E-state index in [-0.39, 0.29) is 45.2 Å². The van der Waals surface area contributed by atoms with Crippen molar-refractivity contribution >= 4 is 40.7 Å². The first-order valence-corrected chi connectivity index (χ1v) is 12.4. The van der Waals surface area contributed by atoms with Crippen molar-refractivity contribution in [2.75, 3.05) is 10.6 Å². The van der Waals surface area contributed by atoms with Crippen molar-refractivity contribution in [3.63, 3.8) is 0 Å². The molecule has 8 nitrogen and oxygen atoms in total. The van der Waals surface area contributed by atoms with Crippen LogP contribution in [0.4, 0.5) is 33.3 Å². The molecule has 1 aliphatic rings. The lowest BCUT2D eigenvalue weighted by Crippen LogP contribution is -2.40. The fourth-order valence-electron chi connectivity index (χ4n) is 4.53. The summed E-state index contributed by atoms with van der Waals surface area (Å²) in [4.78, 5) is 39.2. The number of fused-ring (bicyclic) bond motifs is 1. The number of carbonyl (C=O) groups excluding carboxylic acids is 3. The van der Waals surface area contributed by atoms with Gasteiger partial charge in [0, 0.05) is 21.8 Å². The maximum absolute atomic E-state index is 14.2. The minimum absolute atomic E-state index is 0.0312. The number of benzene rings is 3. The Bertz CT molecular complexity index is 1740. The lowest BCUT2D eigenvalue weighted by Gasteiger charge is -2.29. The summed E-state index contributed by atoms with van der Waals surface area (Å²) >= 11 is 6.30. The van der Waals surface area contributed by atoms with E-state index >= 15 is 0 Å². The zero-order chi connectivity index (χ0) is 30.3. The standard InChI is InChI=1S/C28H18ClF5N4O4/c29-20-6-1-15(30)10-19(20)24-25-21(36-26(41)13-7-14(28(32,33)34)9-16(31)8-13)11-22(38(25)12-23(40)37-24)27(42)35-17-2-4-18(39)5-3-17/h1-11,24,39H,12H2,(H,35,42)(H,36,41)(H,37,40). The molecule has 0 bridgehead atoms. The van der Waals surface area contributed by atoms with E-state index in [4.69, 9.17) is 11.6 Å². The van der Waals surface area contributed by atoms with Crippen molar-refractivity contribution in [1.82, 2.24) is 9.88 Å². The third-order valence-electron chi connectivity index (χ3n) is 6.38. The lowest BCUT2D eigenvalue weighted by molar-refractivity contribution is -0.137. The van der Waals surface area contributed by atoms with E-state index in [1.165, 1.54) is 41.0 Å². The number of nitrogens with zero attached hydrogens (tertiary/aromatic N) is 1. The van der Waals surface area contributed by atoms with E-state index in [1.807, 2.05) is 0 Å². The Hall–Kier alpha value is -4.91. The first kappa shape index (κ1) is 28.6. The average molecular weight is 605 g/mol. The van der Waals surface area contributed by atoms with E-state index in [9.17, 15) is 41.4 Å². The summed E-state index contributed by atoms with van der Waals surface area (Å²) < 4.78 is 69.3. The predicted octanol–water partition coefficient (Wildman–Crippen LogP) is 5.87. The third kappa shape index (κ3) is 5.77. The summed E-state index contributed by atoms with van der Waals surface area (Å²) in [6.45, 7) is -0.425. The number of rotatable bonds is 5. The van der Waals surface area contributed by atoms with Gasteiger partial charge in [-0.1, -0.05) is 11.6 Å². The minimum atomic E-state index is -4.94. The second-order valence-corrected chi connectivity index (χ2v) is 9.67. The van der Waals surface area contributed by atoms with Crippen molar-refractivity contribution < 1.29 is 41.4 Å². The number of halogens is 6. The van der Waals surface area contributed by atoms with Crippen LogP contribution in [-0.2, 0) is 17.5 Å². The van der Waals surface area contributed by atoms with E-state index in [1.54, 1.807) is 0 Å². The normalized spacial score (nSPS) is 14.6. The van der Waals surface area contributed by atoms with Crippen LogP contribution in [0.5, 0.6) is 5.75 Å².